The topological polar surface area (TPSA) is 78.9 Å². The number of rotatable bonds is 5. The smallest absolute Gasteiger partial charge is 0.145 e. The van der Waals surface area contributed by atoms with Crippen LogP contribution in [-0.4, -0.2) is 31.2 Å². The Morgan fingerprint density at radius 2 is 2.03 bits per heavy atom. The standard InChI is InChI=1S/C27H31N5O/c1-27(2)14-21-18(8-5-6-17-12-19-7-3-4-9-22(19)29-15-17)13-23(24(21)33-27)32-11-10-20-25(28)30-16-31-26(20)32/h3-4,7,9-12,15-16,18,21,23-24H,5-6,8,13-14H2,1-2H3,(H2,28,30,31)/t18-,21+,23+,24+/m0/s1. The monoisotopic (exact) mass is 441 g/mol. The molecule has 170 valence electrons. The molecule has 1 aliphatic carbocycles. The van der Waals surface area contributed by atoms with E-state index in [1.54, 1.807) is 6.33 Å². The summed E-state index contributed by atoms with van der Waals surface area (Å²) in [4.78, 5) is 13.4. The average Bonchev–Trinajstić information content (AvgIpc) is 3.46. The second-order valence-electron chi connectivity index (χ2n) is 10.4. The van der Waals surface area contributed by atoms with Gasteiger partial charge in [0.2, 0.25) is 0 Å². The molecule has 4 atom stereocenters. The Bertz CT molecular complexity index is 1310. The Kier molecular flexibility index (Phi) is 4.87. The van der Waals surface area contributed by atoms with Crippen molar-refractivity contribution in [3.8, 4) is 0 Å². The van der Waals surface area contributed by atoms with Gasteiger partial charge in [-0.05, 0) is 81.5 Å². The summed E-state index contributed by atoms with van der Waals surface area (Å²) in [5, 5.41) is 2.15. The van der Waals surface area contributed by atoms with Gasteiger partial charge in [-0.3, -0.25) is 4.98 Å². The molecule has 2 fully saturated rings. The molecule has 1 saturated carbocycles. The maximum atomic E-state index is 6.63. The number of hydrogen-bond acceptors (Lipinski definition) is 5. The zero-order chi connectivity index (χ0) is 22.6. The summed E-state index contributed by atoms with van der Waals surface area (Å²) in [6.45, 7) is 4.46. The molecule has 0 bridgehead atoms. The van der Waals surface area contributed by atoms with Gasteiger partial charge in [-0.15, -0.1) is 0 Å². The first-order valence-corrected chi connectivity index (χ1v) is 12.1. The second-order valence-corrected chi connectivity index (χ2v) is 10.4. The van der Waals surface area contributed by atoms with Crippen LogP contribution in [0.25, 0.3) is 21.9 Å². The molecule has 4 heterocycles. The van der Waals surface area contributed by atoms with Crippen LogP contribution < -0.4 is 5.73 Å². The molecule has 6 heteroatoms. The third kappa shape index (κ3) is 3.66. The van der Waals surface area contributed by atoms with Crippen LogP contribution in [0, 0.1) is 11.8 Å². The molecule has 3 aromatic heterocycles. The number of hydrogen-bond donors (Lipinski definition) is 1. The largest absolute Gasteiger partial charge is 0.383 e. The maximum absolute atomic E-state index is 6.63. The van der Waals surface area contributed by atoms with Crippen LogP contribution in [0.2, 0.25) is 0 Å². The van der Waals surface area contributed by atoms with E-state index in [-0.39, 0.29) is 17.7 Å². The maximum Gasteiger partial charge on any atom is 0.145 e. The van der Waals surface area contributed by atoms with E-state index in [1.807, 2.05) is 18.3 Å². The number of nitrogens with zero attached hydrogens (tertiary/aromatic N) is 4. The van der Waals surface area contributed by atoms with Crippen molar-refractivity contribution >= 4 is 27.8 Å². The molecule has 1 aliphatic heterocycles. The minimum absolute atomic E-state index is 0.0779. The van der Waals surface area contributed by atoms with Gasteiger partial charge in [-0.1, -0.05) is 18.2 Å². The van der Waals surface area contributed by atoms with Gasteiger partial charge in [-0.25, -0.2) is 9.97 Å². The molecule has 6 rings (SSSR count). The lowest BCUT2D eigenvalue weighted by molar-refractivity contribution is -0.0346. The van der Waals surface area contributed by atoms with Crippen LogP contribution in [-0.2, 0) is 11.2 Å². The molecule has 6 nitrogen and oxygen atoms in total. The molecule has 1 saturated heterocycles. The van der Waals surface area contributed by atoms with Crippen molar-refractivity contribution in [2.45, 2.75) is 63.7 Å². The number of aromatic nitrogens is 4. The van der Waals surface area contributed by atoms with Crippen molar-refractivity contribution in [1.29, 1.82) is 0 Å². The number of anilines is 1. The average molecular weight is 442 g/mol. The predicted octanol–water partition coefficient (Wildman–Crippen LogP) is 5.33. The van der Waals surface area contributed by atoms with Crippen molar-refractivity contribution in [1.82, 2.24) is 19.5 Å². The molecule has 1 aromatic carbocycles. The van der Waals surface area contributed by atoms with Gasteiger partial charge in [0.15, 0.2) is 0 Å². The van der Waals surface area contributed by atoms with E-state index in [2.05, 4.69) is 63.8 Å². The summed E-state index contributed by atoms with van der Waals surface area (Å²) in [5.41, 5.74) is 9.33. The van der Waals surface area contributed by atoms with Gasteiger partial charge in [0.05, 0.1) is 28.6 Å². The molecule has 0 radical (unpaired) electrons. The highest BCUT2D eigenvalue weighted by molar-refractivity contribution is 5.86. The van der Waals surface area contributed by atoms with Gasteiger partial charge >= 0.3 is 0 Å². The summed E-state index contributed by atoms with van der Waals surface area (Å²) in [7, 11) is 0. The van der Waals surface area contributed by atoms with Gasteiger partial charge in [-0.2, -0.15) is 0 Å². The van der Waals surface area contributed by atoms with Crippen molar-refractivity contribution in [3.05, 3.63) is 60.7 Å². The number of ether oxygens (including phenoxy) is 1. The van der Waals surface area contributed by atoms with Crippen molar-refractivity contribution < 1.29 is 4.74 Å². The van der Waals surface area contributed by atoms with Gasteiger partial charge < -0.3 is 15.0 Å². The Morgan fingerprint density at radius 3 is 2.94 bits per heavy atom. The minimum atomic E-state index is -0.0779. The van der Waals surface area contributed by atoms with E-state index < -0.39 is 0 Å². The lowest BCUT2D eigenvalue weighted by atomic mass is 9.85. The Labute approximate surface area is 194 Å². The summed E-state index contributed by atoms with van der Waals surface area (Å²) >= 11 is 0. The molecule has 0 spiro atoms. The quantitative estimate of drug-likeness (QED) is 0.453. The lowest BCUT2D eigenvalue weighted by Gasteiger charge is -2.25. The summed E-state index contributed by atoms with van der Waals surface area (Å²) in [5.74, 6) is 1.77. The fourth-order valence-electron chi connectivity index (χ4n) is 6.29. The first kappa shape index (κ1) is 20.6. The zero-order valence-electron chi connectivity index (χ0n) is 19.3. The fourth-order valence-corrected chi connectivity index (χ4v) is 6.29. The predicted molar refractivity (Wildman–Crippen MR) is 131 cm³/mol. The number of para-hydroxylation sites is 1. The second kappa shape index (κ2) is 7.80. The third-order valence-electron chi connectivity index (χ3n) is 7.72. The van der Waals surface area contributed by atoms with Crippen molar-refractivity contribution in [2.75, 3.05) is 5.73 Å². The highest BCUT2D eigenvalue weighted by atomic mass is 16.5. The molecule has 2 N–H and O–H groups in total. The van der Waals surface area contributed by atoms with E-state index in [4.69, 9.17) is 10.5 Å². The fraction of sp³-hybridized carbons (Fsp3) is 0.444. The molecule has 4 aromatic rings. The number of nitrogen functional groups attached to an aromatic ring is 1. The van der Waals surface area contributed by atoms with Crippen LogP contribution in [0.3, 0.4) is 0 Å². The normalized spacial score (nSPS) is 26.2. The molecular weight excluding hydrogens is 410 g/mol. The van der Waals surface area contributed by atoms with Crippen LogP contribution in [0.15, 0.2) is 55.1 Å². The van der Waals surface area contributed by atoms with E-state index in [0.717, 1.165) is 35.8 Å². The number of aryl methyl sites for hydroxylation is 1. The van der Waals surface area contributed by atoms with Crippen LogP contribution in [0.1, 0.15) is 51.1 Å². The Balaban J connectivity index is 1.21. The van der Waals surface area contributed by atoms with Crippen molar-refractivity contribution in [3.63, 3.8) is 0 Å². The number of pyridine rings is 1. The number of nitrogens with two attached hydrogens (primary N) is 1. The summed E-state index contributed by atoms with van der Waals surface area (Å²) in [6, 6.07) is 13.0. The minimum Gasteiger partial charge on any atom is -0.383 e. The van der Waals surface area contributed by atoms with E-state index >= 15 is 0 Å². The van der Waals surface area contributed by atoms with Crippen LogP contribution in [0.4, 0.5) is 5.82 Å². The van der Waals surface area contributed by atoms with E-state index in [9.17, 15) is 0 Å². The zero-order valence-corrected chi connectivity index (χ0v) is 19.3. The van der Waals surface area contributed by atoms with Crippen LogP contribution in [0.5, 0.6) is 0 Å². The van der Waals surface area contributed by atoms with Crippen molar-refractivity contribution in [2.24, 2.45) is 11.8 Å². The van der Waals surface area contributed by atoms with Gasteiger partial charge in [0, 0.05) is 17.8 Å². The van der Waals surface area contributed by atoms with Gasteiger partial charge in [0.1, 0.15) is 17.8 Å². The SMILES string of the molecule is CC1(C)C[C@@H]2[C@@H](CCCc3cnc4ccccc4c3)C[C@@H](n3ccc4c(N)ncnc43)[C@@H]2O1. The highest BCUT2D eigenvalue weighted by Crippen LogP contribution is 2.53. The third-order valence-corrected chi connectivity index (χ3v) is 7.72. The molecule has 2 aliphatic rings. The van der Waals surface area contributed by atoms with Gasteiger partial charge in [0.25, 0.3) is 0 Å². The molecule has 0 unspecified atom stereocenters. The Morgan fingerprint density at radius 1 is 1.15 bits per heavy atom. The summed E-state index contributed by atoms with van der Waals surface area (Å²) < 4.78 is 8.92. The summed E-state index contributed by atoms with van der Waals surface area (Å²) in [6.07, 6.45) is 11.6. The number of benzene rings is 1. The van der Waals surface area contributed by atoms with E-state index in [0.29, 0.717) is 17.7 Å². The molecular formula is C27H31N5O. The Hall–Kier alpha value is -2.99. The first-order valence-electron chi connectivity index (χ1n) is 12.1. The molecule has 33 heavy (non-hydrogen) atoms. The van der Waals surface area contributed by atoms with E-state index in [1.165, 1.54) is 23.8 Å². The molecule has 0 amide bonds. The van der Waals surface area contributed by atoms with Crippen LogP contribution >= 0.6 is 0 Å². The lowest BCUT2D eigenvalue weighted by Crippen LogP contribution is -2.26. The first-order chi connectivity index (χ1) is 16.0. The highest BCUT2D eigenvalue weighted by Gasteiger charge is 2.53. The number of fused-ring (bicyclic) bond motifs is 3.